The first-order valence-electron chi connectivity index (χ1n) is 4.40. The van der Waals surface area contributed by atoms with Gasteiger partial charge in [-0.25, -0.2) is 0 Å². The van der Waals surface area contributed by atoms with Crippen molar-refractivity contribution in [2.45, 2.75) is 46.0 Å². The van der Waals surface area contributed by atoms with Crippen LogP contribution in [0.1, 0.15) is 34.1 Å². The average Bonchev–Trinajstić information content (AvgIpc) is 1.83. The second-order valence-electron chi connectivity index (χ2n) is 3.57. The summed E-state index contributed by atoms with van der Waals surface area (Å²) in [5.41, 5.74) is 0. The van der Waals surface area contributed by atoms with Gasteiger partial charge in [0, 0.05) is 6.61 Å². The molecule has 0 aliphatic carbocycles. The van der Waals surface area contributed by atoms with Crippen LogP contribution in [0.25, 0.3) is 0 Å². The van der Waals surface area contributed by atoms with Crippen molar-refractivity contribution < 1.29 is 14.6 Å². The average molecular weight is 176 g/mol. The molecule has 3 nitrogen and oxygen atoms in total. The third-order valence-corrected chi connectivity index (χ3v) is 1.20. The van der Waals surface area contributed by atoms with Crippen molar-refractivity contribution in [1.82, 2.24) is 0 Å². The SMILES string of the molecule is CC(C)OCCCOC(C)(C)O. The largest absolute Gasteiger partial charge is 0.379 e. The highest BCUT2D eigenvalue weighted by atomic mass is 16.6. The molecule has 0 heterocycles. The van der Waals surface area contributed by atoms with E-state index in [1.54, 1.807) is 13.8 Å². The van der Waals surface area contributed by atoms with Gasteiger partial charge in [-0.15, -0.1) is 0 Å². The summed E-state index contributed by atoms with van der Waals surface area (Å²) in [4.78, 5) is 0. The van der Waals surface area contributed by atoms with Gasteiger partial charge in [-0.3, -0.25) is 0 Å². The minimum absolute atomic E-state index is 0.270. The Kier molecular flexibility index (Phi) is 5.46. The number of ether oxygens (including phenoxy) is 2. The van der Waals surface area contributed by atoms with E-state index < -0.39 is 5.79 Å². The summed E-state index contributed by atoms with van der Waals surface area (Å²) < 4.78 is 10.4. The van der Waals surface area contributed by atoms with E-state index in [0.29, 0.717) is 13.2 Å². The van der Waals surface area contributed by atoms with Gasteiger partial charge in [0.2, 0.25) is 0 Å². The molecule has 0 spiro atoms. The minimum Gasteiger partial charge on any atom is -0.379 e. The van der Waals surface area contributed by atoms with Crippen LogP contribution in [0.5, 0.6) is 0 Å². The summed E-state index contributed by atoms with van der Waals surface area (Å²) in [6.45, 7) is 8.46. The fourth-order valence-electron chi connectivity index (χ4n) is 0.700. The first-order chi connectivity index (χ1) is 5.42. The zero-order chi connectivity index (χ0) is 9.61. The van der Waals surface area contributed by atoms with Crippen molar-refractivity contribution >= 4 is 0 Å². The second-order valence-corrected chi connectivity index (χ2v) is 3.57. The lowest BCUT2D eigenvalue weighted by Crippen LogP contribution is -2.24. The molecule has 0 aliphatic heterocycles. The van der Waals surface area contributed by atoms with Gasteiger partial charge in [-0.2, -0.15) is 0 Å². The molecule has 0 fully saturated rings. The zero-order valence-corrected chi connectivity index (χ0v) is 8.46. The summed E-state index contributed by atoms with van der Waals surface area (Å²) in [7, 11) is 0. The molecule has 0 rings (SSSR count). The van der Waals surface area contributed by atoms with Crippen LogP contribution in [0, 0.1) is 0 Å². The minimum atomic E-state index is -1.02. The molecule has 0 aromatic carbocycles. The topological polar surface area (TPSA) is 38.7 Å². The highest BCUT2D eigenvalue weighted by Gasteiger charge is 2.10. The van der Waals surface area contributed by atoms with E-state index in [9.17, 15) is 0 Å². The Labute approximate surface area is 74.7 Å². The van der Waals surface area contributed by atoms with Crippen LogP contribution in [0.15, 0.2) is 0 Å². The van der Waals surface area contributed by atoms with Gasteiger partial charge in [0.25, 0.3) is 0 Å². The first kappa shape index (κ1) is 11.9. The number of rotatable bonds is 6. The van der Waals surface area contributed by atoms with Crippen LogP contribution in [0.4, 0.5) is 0 Å². The summed E-state index contributed by atoms with van der Waals surface area (Å²) in [5.74, 6) is -1.02. The molecule has 0 radical (unpaired) electrons. The fourth-order valence-corrected chi connectivity index (χ4v) is 0.700. The van der Waals surface area contributed by atoms with Gasteiger partial charge < -0.3 is 14.6 Å². The molecule has 0 unspecified atom stereocenters. The molecule has 0 bridgehead atoms. The monoisotopic (exact) mass is 176 g/mol. The Bertz CT molecular complexity index is 105. The second kappa shape index (κ2) is 5.51. The van der Waals surface area contributed by atoms with E-state index in [2.05, 4.69) is 0 Å². The molecule has 1 N–H and O–H groups in total. The van der Waals surface area contributed by atoms with Crippen LogP contribution < -0.4 is 0 Å². The standard InChI is InChI=1S/C9H20O3/c1-8(2)11-6-5-7-12-9(3,4)10/h8,10H,5-7H2,1-4H3. The number of hydrogen-bond donors (Lipinski definition) is 1. The number of hydrogen-bond acceptors (Lipinski definition) is 3. The van der Waals surface area contributed by atoms with E-state index >= 15 is 0 Å². The maximum atomic E-state index is 9.16. The van der Waals surface area contributed by atoms with E-state index in [-0.39, 0.29) is 6.10 Å². The maximum absolute atomic E-state index is 9.16. The molecule has 0 aliphatic rings. The highest BCUT2D eigenvalue weighted by molar-refractivity contribution is 4.48. The lowest BCUT2D eigenvalue weighted by atomic mass is 10.4. The Morgan fingerprint density at radius 1 is 1.25 bits per heavy atom. The van der Waals surface area contributed by atoms with Crippen LogP contribution in [-0.2, 0) is 9.47 Å². The van der Waals surface area contributed by atoms with Crippen LogP contribution >= 0.6 is 0 Å². The smallest absolute Gasteiger partial charge is 0.159 e. The third-order valence-electron chi connectivity index (χ3n) is 1.20. The molecule has 0 saturated carbocycles. The van der Waals surface area contributed by atoms with Gasteiger partial charge in [-0.1, -0.05) is 0 Å². The molecule has 0 aromatic heterocycles. The van der Waals surface area contributed by atoms with Gasteiger partial charge in [0.15, 0.2) is 5.79 Å². The summed E-state index contributed by atoms with van der Waals surface area (Å²) in [5, 5.41) is 9.16. The van der Waals surface area contributed by atoms with Crippen molar-refractivity contribution in [2.24, 2.45) is 0 Å². The van der Waals surface area contributed by atoms with E-state index in [1.165, 1.54) is 0 Å². The van der Waals surface area contributed by atoms with Crippen molar-refractivity contribution in [1.29, 1.82) is 0 Å². The lowest BCUT2D eigenvalue weighted by molar-refractivity contribution is -0.178. The quantitative estimate of drug-likeness (QED) is 0.493. The summed E-state index contributed by atoms with van der Waals surface area (Å²) in [6, 6.07) is 0. The van der Waals surface area contributed by atoms with Gasteiger partial charge in [0.1, 0.15) is 0 Å². The Morgan fingerprint density at radius 2 is 1.83 bits per heavy atom. The Balaban J connectivity index is 3.12. The third kappa shape index (κ3) is 9.88. The molecule has 3 heteroatoms. The molecule has 0 aromatic rings. The molecular weight excluding hydrogens is 156 g/mol. The summed E-state index contributed by atoms with van der Waals surface area (Å²) in [6.07, 6.45) is 1.09. The molecule has 0 atom stereocenters. The maximum Gasteiger partial charge on any atom is 0.159 e. The predicted molar refractivity (Wildman–Crippen MR) is 48.0 cm³/mol. The van der Waals surface area contributed by atoms with Gasteiger partial charge in [0.05, 0.1) is 12.7 Å². The van der Waals surface area contributed by atoms with E-state index in [1.807, 2.05) is 13.8 Å². The predicted octanol–water partition coefficient (Wildman–Crippen LogP) is 1.55. The van der Waals surface area contributed by atoms with E-state index in [4.69, 9.17) is 14.6 Å². The van der Waals surface area contributed by atoms with Gasteiger partial charge >= 0.3 is 0 Å². The van der Waals surface area contributed by atoms with Crippen LogP contribution in [0.3, 0.4) is 0 Å². The highest BCUT2D eigenvalue weighted by Crippen LogP contribution is 2.03. The fraction of sp³-hybridized carbons (Fsp3) is 1.00. The van der Waals surface area contributed by atoms with Gasteiger partial charge in [-0.05, 0) is 34.1 Å². The molecule has 12 heavy (non-hydrogen) atoms. The number of aliphatic hydroxyl groups is 1. The molecule has 74 valence electrons. The molecular formula is C9H20O3. The van der Waals surface area contributed by atoms with Crippen LogP contribution in [0.2, 0.25) is 0 Å². The molecule has 0 amide bonds. The Morgan fingerprint density at radius 3 is 2.25 bits per heavy atom. The lowest BCUT2D eigenvalue weighted by Gasteiger charge is -2.18. The van der Waals surface area contributed by atoms with Crippen LogP contribution in [-0.4, -0.2) is 30.2 Å². The Hall–Kier alpha value is -0.120. The van der Waals surface area contributed by atoms with Crippen molar-refractivity contribution in [3.05, 3.63) is 0 Å². The van der Waals surface area contributed by atoms with Crippen molar-refractivity contribution in [3.8, 4) is 0 Å². The first-order valence-corrected chi connectivity index (χ1v) is 4.40. The van der Waals surface area contributed by atoms with Crippen molar-refractivity contribution in [2.75, 3.05) is 13.2 Å². The molecule has 0 saturated heterocycles. The van der Waals surface area contributed by atoms with Crippen molar-refractivity contribution in [3.63, 3.8) is 0 Å². The van der Waals surface area contributed by atoms with E-state index in [0.717, 1.165) is 6.42 Å². The normalized spacial score (nSPS) is 12.5. The summed E-state index contributed by atoms with van der Waals surface area (Å²) >= 11 is 0. The zero-order valence-electron chi connectivity index (χ0n) is 8.46.